The van der Waals surface area contributed by atoms with Crippen molar-refractivity contribution < 1.29 is 9.90 Å². The molecule has 2 amide bonds. The van der Waals surface area contributed by atoms with E-state index < -0.39 is 6.10 Å². The van der Waals surface area contributed by atoms with Gasteiger partial charge in [-0.2, -0.15) is 10.1 Å². The molecule has 3 aliphatic carbocycles. The zero-order valence-corrected chi connectivity index (χ0v) is 25.0. The number of hydrogen-bond acceptors (Lipinski definition) is 9. The third-order valence-corrected chi connectivity index (χ3v) is 9.41. The Morgan fingerprint density at radius 3 is 2.50 bits per heavy atom. The minimum absolute atomic E-state index is 0.0788. The predicted octanol–water partition coefficient (Wildman–Crippen LogP) is 3.50. The smallest absolute Gasteiger partial charge is 0.315 e. The van der Waals surface area contributed by atoms with Crippen LogP contribution in [0.15, 0.2) is 41.5 Å². The summed E-state index contributed by atoms with van der Waals surface area (Å²) >= 11 is 0. The molecule has 2 unspecified atom stereocenters. The van der Waals surface area contributed by atoms with Crippen molar-refractivity contribution >= 4 is 29.5 Å². The number of fused-ring (bicyclic) bond motifs is 1. The Morgan fingerprint density at radius 2 is 1.68 bits per heavy atom. The van der Waals surface area contributed by atoms with Crippen LogP contribution in [-0.4, -0.2) is 74.5 Å². The van der Waals surface area contributed by atoms with Crippen molar-refractivity contribution in [3.05, 3.63) is 58.9 Å². The molecule has 0 saturated heterocycles. The van der Waals surface area contributed by atoms with Crippen molar-refractivity contribution in [1.29, 1.82) is 0 Å². The highest BCUT2D eigenvalue weighted by Gasteiger charge is 2.27. The Morgan fingerprint density at radius 1 is 0.886 bits per heavy atom. The number of aliphatic hydroxyl groups is 1. The lowest BCUT2D eigenvalue weighted by Gasteiger charge is -2.30. The number of benzene rings is 1. The number of anilines is 3. The summed E-state index contributed by atoms with van der Waals surface area (Å²) in [5, 5.41) is 33.7. The van der Waals surface area contributed by atoms with Gasteiger partial charge in [0.05, 0.1) is 12.6 Å². The fourth-order valence-corrected chi connectivity index (χ4v) is 7.05. The molecule has 1 aromatic carbocycles. The lowest BCUT2D eigenvalue weighted by atomic mass is 9.91. The van der Waals surface area contributed by atoms with E-state index in [-0.39, 0.29) is 24.2 Å². The highest BCUT2D eigenvalue weighted by atomic mass is 16.3. The van der Waals surface area contributed by atoms with Crippen molar-refractivity contribution in [2.75, 3.05) is 23.7 Å². The number of nitrogens with one attached hydrogen (secondary N) is 6. The van der Waals surface area contributed by atoms with Gasteiger partial charge in [-0.05, 0) is 74.6 Å². The Hall–Kier alpha value is -4.19. The number of aromatic nitrogens is 4. The molecule has 2 saturated carbocycles. The zero-order chi connectivity index (χ0) is 29.9. The predicted molar refractivity (Wildman–Crippen MR) is 169 cm³/mol. The molecule has 3 aromatic rings. The van der Waals surface area contributed by atoms with E-state index in [1.165, 1.54) is 42.5 Å². The number of rotatable bonds is 8. The first kappa shape index (κ1) is 28.6. The molecule has 12 heteroatoms. The second-order valence-electron chi connectivity index (χ2n) is 12.7. The van der Waals surface area contributed by atoms with Gasteiger partial charge in [0.25, 0.3) is 0 Å². The molecule has 0 bridgehead atoms. The van der Waals surface area contributed by atoms with Gasteiger partial charge in [-0.15, -0.1) is 0 Å². The quantitative estimate of drug-likeness (QED) is 0.207. The number of carbonyl (C=O) groups excluding carboxylic acids is 1. The first-order valence-corrected chi connectivity index (χ1v) is 16.1. The summed E-state index contributed by atoms with van der Waals surface area (Å²) in [6, 6.07) is 10.7. The number of H-pyrrole nitrogens is 1. The van der Waals surface area contributed by atoms with Crippen LogP contribution in [0.1, 0.15) is 79.7 Å². The van der Waals surface area contributed by atoms with E-state index in [1.807, 2.05) is 6.07 Å². The molecule has 12 nitrogen and oxygen atoms in total. The molecular formula is C32H42N10O2. The summed E-state index contributed by atoms with van der Waals surface area (Å²) < 4.78 is 0. The van der Waals surface area contributed by atoms with Gasteiger partial charge in [0.1, 0.15) is 11.7 Å². The van der Waals surface area contributed by atoms with E-state index >= 15 is 0 Å². The Balaban J connectivity index is 0.846. The van der Waals surface area contributed by atoms with Gasteiger partial charge < -0.3 is 31.7 Å². The van der Waals surface area contributed by atoms with Gasteiger partial charge >= 0.3 is 6.03 Å². The Kier molecular flexibility index (Phi) is 8.32. The fourth-order valence-electron chi connectivity index (χ4n) is 7.05. The molecule has 0 spiro atoms. The standard InChI is InChI=1S/C32H42N10O2/c43-26-17-34-30(35-18-26)21-6-5-20-14-25(15-22(20)13-21)38-32(44)37-24-9-7-23(8-10-24)36-31-33-12-11-28(40-31)39-29-16-27(41-42-29)19-3-1-2-4-19/h5-6,11-13,16,19,23-26,43H,1-4,7-10,14-15,17-18H2,(H,34,35)(H2,37,38,44)(H3,33,36,39,40,41,42). The number of aliphatic imine (C=N–C) groups is 1. The fraction of sp³-hybridized carbons (Fsp3) is 0.531. The number of nitrogens with zero attached hydrogens (tertiary/aromatic N) is 4. The molecule has 232 valence electrons. The first-order valence-electron chi connectivity index (χ1n) is 16.1. The molecule has 7 N–H and O–H groups in total. The highest BCUT2D eigenvalue weighted by molar-refractivity contribution is 5.99. The molecule has 4 aliphatic rings. The van der Waals surface area contributed by atoms with Gasteiger partial charge in [-0.1, -0.05) is 25.0 Å². The van der Waals surface area contributed by atoms with Crippen LogP contribution in [0.5, 0.6) is 0 Å². The van der Waals surface area contributed by atoms with Gasteiger partial charge in [0.2, 0.25) is 5.95 Å². The summed E-state index contributed by atoms with van der Waals surface area (Å²) in [5.74, 6) is 3.51. The van der Waals surface area contributed by atoms with E-state index in [9.17, 15) is 9.90 Å². The number of aromatic amines is 1. The zero-order valence-electron chi connectivity index (χ0n) is 25.0. The first-order chi connectivity index (χ1) is 21.5. The topological polar surface area (TPSA) is 164 Å². The molecule has 2 atom stereocenters. The third kappa shape index (κ3) is 6.80. The molecular weight excluding hydrogens is 556 g/mol. The molecule has 0 radical (unpaired) electrons. The molecule has 1 aliphatic heterocycles. The van der Waals surface area contributed by atoms with Crippen LogP contribution in [0.25, 0.3) is 0 Å². The Bertz CT molecular complexity index is 1490. The molecule has 2 fully saturated rings. The van der Waals surface area contributed by atoms with Crippen LogP contribution >= 0.6 is 0 Å². The van der Waals surface area contributed by atoms with Gasteiger partial charge in [0.15, 0.2) is 5.82 Å². The summed E-state index contributed by atoms with van der Waals surface area (Å²) in [4.78, 5) is 26.4. The van der Waals surface area contributed by atoms with Crippen LogP contribution < -0.4 is 26.6 Å². The maximum atomic E-state index is 12.9. The number of hydrogen-bond donors (Lipinski definition) is 7. The average molecular weight is 599 g/mol. The number of urea groups is 1. The summed E-state index contributed by atoms with van der Waals surface area (Å²) in [6.45, 7) is 0.942. The van der Waals surface area contributed by atoms with E-state index in [0.29, 0.717) is 30.8 Å². The molecule has 7 rings (SSSR count). The SMILES string of the molecule is O=C(NC1CCC(Nc2nccc(Nc3cc(C4CCCC4)[nH]n3)n2)CC1)NC1Cc2ccc(C3=NCC(O)CN3)cc2C1. The van der Waals surface area contributed by atoms with Gasteiger partial charge in [0, 0.05) is 54.1 Å². The van der Waals surface area contributed by atoms with Crippen molar-refractivity contribution in [3.8, 4) is 0 Å². The van der Waals surface area contributed by atoms with E-state index in [4.69, 9.17) is 0 Å². The number of amides is 2. The third-order valence-electron chi connectivity index (χ3n) is 9.41. The number of β-amino-alcohol motifs (C(OH)–C–C–N with tert-alkyl or cyclic N) is 1. The summed E-state index contributed by atoms with van der Waals surface area (Å²) in [7, 11) is 0. The van der Waals surface area contributed by atoms with Crippen LogP contribution in [0.3, 0.4) is 0 Å². The van der Waals surface area contributed by atoms with Crippen molar-refractivity contribution in [2.24, 2.45) is 4.99 Å². The van der Waals surface area contributed by atoms with E-state index in [1.54, 1.807) is 6.20 Å². The lowest BCUT2D eigenvalue weighted by Crippen LogP contribution is -2.48. The van der Waals surface area contributed by atoms with Crippen LogP contribution in [0, 0.1) is 0 Å². The maximum absolute atomic E-state index is 12.9. The second-order valence-corrected chi connectivity index (χ2v) is 12.7. The number of amidine groups is 1. The van der Waals surface area contributed by atoms with Gasteiger partial charge in [-0.25, -0.2) is 9.78 Å². The maximum Gasteiger partial charge on any atom is 0.315 e. The molecule has 44 heavy (non-hydrogen) atoms. The monoisotopic (exact) mass is 598 g/mol. The lowest BCUT2D eigenvalue weighted by molar-refractivity contribution is 0.181. The van der Waals surface area contributed by atoms with E-state index in [2.05, 4.69) is 76.0 Å². The largest absolute Gasteiger partial charge is 0.389 e. The van der Waals surface area contributed by atoms with Crippen LogP contribution in [0.4, 0.5) is 22.4 Å². The van der Waals surface area contributed by atoms with Crippen molar-refractivity contribution in [3.63, 3.8) is 0 Å². The van der Waals surface area contributed by atoms with Crippen molar-refractivity contribution in [2.45, 2.75) is 94.4 Å². The average Bonchev–Trinajstić information content (AvgIpc) is 3.80. The molecule has 2 aromatic heterocycles. The minimum Gasteiger partial charge on any atom is -0.389 e. The number of aliphatic hydroxyl groups excluding tert-OH is 1. The summed E-state index contributed by atoms with van der Waals surface area (Å²) in [5.41, 5.74) is 4.74. The van der Waals surface area contributed by atoms with Gasteiger partial charge in [-0.3, -0.25) is 10.1 Å². The summed E-state index contributed by atoms with van der Waals surface area (Å²) in [6.07, 6.45) is 11.7. The second kappa shape index (κ2) is 12.8. The normalized spacial score (nSPS) is 25.1. The molecule has 3 heterocycles. The Labute approximate surface area is 257 Å². The van der Waals surface area contributed by atoms with E-state index in [0.717, 1.165) is 55.7 Å². The highest BCUT2D eigenvalue weighted by Crippen LogP contribution is 2.34. The number of carbonyl (C=O) groups is 1. The van der Waals surface area contributed by atoms with Crippen LogP contribution in [-0.2, 0) is 12.8 Å². The minimum atomic E-state index is -0.428. The van der Waals surface area contributed by atoms with Crippen molar-refractivity contribution in [1.82, 2.24) is 36.1 Å². The van der Waals surface area contributed by atoms with Crippen LogP contribution in [0.2, 0.25) is 0 Å².